The lowest BCUT2D eigenvalue weighted by molar-refractivity contribution is -0.126. The molecular weight excluding hydrogens is 424 g/mol. The van der Waals surface area contributed by atoms with Gasteiger partial charge in [0.05, 0.1) is 24.5 Å². The van der Waals surface area contributed by atoms with Crippen LogP contribution in [0.3, 0.4) is 0 Å². The van der Waals surface area contributed by atoms with Gasteiger partial charge in [0, 0.05) is 11.0 Å². The van der Waals surface area contributed by atoms with Crippen LogP contribution in [0.15, 0.2) is 83.8 Å². The summed E-state index contributed by atoms with van der Waals surface area (Å²) in [6.07, 6.45) is 1.13. The number of imide groups is 1. The summed E-state index contributed by atoms with van der Waals surface area (Å²) in [4.78, 5) is 35.5. The average Bonchev–Trinajstić information content (AvgIpc) is 3.35. The Labute approximate surface area is 190 Å². The number of rotatable bonds is 5. The van der Waals surface area contributed by atoms with E-state index in [2.05, 4.69) is 0 Å². The van der Waals surface area contributed by atoms with Crippen molar-refractivity contribution in [1.29, 1.82) is 0 Å². The molecule has 2 saturated heterocycles. The second-order valence-electron chi connectivity index (χ2n) is 7.64. The van der Waals surface area contributed by atoms with Crippen molar-refractivity contribution >= 4 is 35.0 Å². The summed E-state index contributed by atoms with van der Waals surface area (Å²) in [7, 11) is 1.55. The molecule has 0 bridgehead atoms. The molecule has 3 atom stereocenters. The molecule has 0 aliphatic carbocycles. The van der Waals surface area contributed by atoms with Gasteiger partial charge in [0.25, 0.3) is 5.91 Å². The number of ether oxygens (including phenoxy) is 1. The predicted octanol–water partition coefficient (Wildman–Crippen LogP) is 4.47. The molecular formula is C25H22N2O4S. The fourth-order valence-electron chi connectivity index (χ4n) is 4.36. The van der Waals surface area contributed by atoms with E-state index in [9.17, 15) is 9.59 Å². The van der Waals surface area contributed by atoms with Crippen LogP contribution in [-0.2, 0) is 14.4 Å². The number of amides is 2. The Morgan fingerprint density at radius 2 is 1.59 bits per heavy atom. The molecule has 0 unspecified atom stereocenters. The average molecular weight is 447 g/mol. The smallest absolute Gasteiger partial charge is 0.266 e. The molecule has 0 spiro atoms. The van der Waals surface area contributed by atoms with Crippen LogP contribution in [-0.4, -0.2) is 31.3 Å². The van der Waals surface area contributed by atoms with Crippen molar-refractivity contribution in [3.8, 4) is 5.75 Å². The highest BCUT2D eigenvalue weighted by atomic mass is 32.2. The van der Waals surface area contributed by atoms with Gasteiger partial charge >= 0.3 is 0 Å². The Morgan fingerprint density at radius 3 is 2.28 bits per heavy atom. The first-order chi connectivity index (χ1) is 15.6. The molecule has 2 aliphatic rings. The van der Waals surface area contributed by atoms with Gasteiger partial charge in [-0.3, -0.25) is 14.4 Å². The van der Waals surface area contributed by atoms with E-state index in [1.54, 1.807) is 48.2 Å². The Morgan fingerprint density at radius 1 is 0.875 bits per heavy atom. The van der Waals surface area contributed by atoms with E-state index in [0.29, 0.717) is 11.4 Å². The van der Waals surface area contributed by atoms with E-state index in [1.165, 1.54) is 4.90 Å². The number of hydrogen-bond donors (Lipinski definition) is 0. The molecule has 2 heterocycles. The van der Waals surface area contributed by atoms with Gasteiger partial charge < -0.3 is 4.74 Å². The number of hydroxylamine groups is 1. The minimum Gasteiger partial charge on any atom is -0.497 e. The molecule has 0 N–H and O–H groups in total. The zero-order chi connectivity index (χ0) is 22.2. The van der Waals surface area contributed by atoms with E-state index < -0.39 is 18.1 Å². The molecule has 3 aromatic rings. The SMILES string of the molecule is COc1cccc(N2C(=O)[C@H]3[C@H](ON(c4ccccc4)[C@H]3c3ccc(SC)cc3)C2=O)c1. The summed E-state index contributed by atoms with van der Waals surface area (Å²) in [5.74, 6) is -0.715. The van der Waals surface area contributed by atoms with Crippen LogP contribution >= 0.6 is 11.8 Å². The molecule has 3 aromatic carbocycles. The van der Waals surface area contributed by atoms with Gasteiger partial charge in [-0.05, 0) is 48.2 Å². The van der Waals surface area contributed by atoms with Crippen molar-refractivity contribution in [3.05, 3.63) is 84.4 Å². The van der Waals surface area contributed by atoms with Crippen LogP contribution in [0.25, 0.3) is 0 Å². The summed E-state index contributed by atoms with van der Waals surface area (Å²) < 4.78 is 5.28. The van der Waals surface area contributed by atoms with E-state index in [4.69, 9.17) is 9.57 Å². The molecule has 7 heteroatoms. The fourth-order valence-corrected chi connectivity index (χ4v) is 4.77. The predicted molar refractivity (Wildman–Crippen MR) is 124 cm³/mol. The zero-order valence-electron chi connectivity index (χ0n) is 17.7. The Hall–Kier alpha value is -3.29. The van der Waals surface area contributed by atoms with Crippen molar-refractivity contribution in [3.63, 3.8) is 0 Å². The normalized spacial score (nSPS) is 22.4. The van der Waals surface area contributed by atoms with E-state index in [-0.39, 0.29) is 11.8 Å². The number of benzene rings is 3. The highest BCUT2D eigenvalue weighted by Crippen LogP contribution is 2.47. The van der Waals surface area contributed by atoms with E-state index in [0.717, 1.165) is 16.1 Å². The Bertz CT molecular complexity index is 1150. The molecule has 5 rings (SSSR count). The minimum absolute atomic E-state index is 0.273. The first-order valence-electron chi connectivity index (χ1n) is 10.3. The molecule has 162 valence electrons. The second-order valence-corrected chi connectivity index (χ2v) is 8.52. The molecule has 2 aliphatic heterocycles. The van der Waals surface area contributed by atoms with Crippen LogP contribution < -0.4 is 14.7 Å². The third kappa shape index (κ3) is 3.34. The number of para-hydroxylation sites is 1. The minimum atomic E-state index is -0.890. The summed E-state index contributed by atoms with van der Waals surface area (Å²) in [6, 6.07) is 24.2. The third-order valence-electron chi connectivity index (χ3n) is 5.89. The van der Waals surface area contributed by atoms with Crippen molar-refractivity contribution in [1.82, 2.24) is 0 Å². The molecule has 6 nitrogen and oxygen atoms in total. The Balaban J connectivity index is 1.57. The van der Waals surface area contributed by atoms with Gasteiger partial charge in [-0.15, -0.1) is 11.8 Å². The molecule has 32 heavy (non-hydrogen) atoms. The summed E-state index contributed by atoms with van der Waals surface area (Å²) in [6.45, 7) is 0. The molecule has 2 fully saturated rings. The maximum absolute atomic E-state index is 13.6. The maximum atomic E-state index is 13.6. The standard InChI is InChI=1S/C25H22N2O4S/c1-30-19-10-6-9-18(15-19)26-24(28)21-22(16-11-13-20(32-2)14-12-16)27(31-23(21)25(26)29)17-7-4-3-5-8-17/h3-15,21-23H,1-2H3/t21-,22+,23+/m1/s1. The Kier molecular flexibility index (Phi) is 5.36. The molecule has 0 aromatic heterocycles. The first kappa shape index (κ1) is 20.6. The van der Waals surface area contributed by atoms with Crippen molar-refractivity contribution in [2.24, 2.45) is 5.92 Å². The van der Waals surface area contributed by atoms with Crippen molar-refractivity contribution in [2.75, 3.05) is 23.3 Å². The van der Waals surface area contributed by atoms with Crippen LogP contribution in [0.5, 0.6) is 5.75 Å². The van der Waals surface area contributed by atoms with Gasteiger partial charge in [0.1, 0.15) is 11.7 Å². The number of carbonyl (C=O) groups excluding carboxylic acids is 2. The van der Waals surface area contributed by atoms with Crippen LogP contribution in [0, 0.1) is 5.92 Å². The van der Waals surface area contributed by atoms with Crippen molar-refractivity contribution < 1.29 is 19.2 Å². The van der Waals surface area contributed by atoms with Crippen LogP contribution in [0.2, 0.25) is 0 Å². The topological polar surface area (TPSA) is 59.1 Å². The summed E-state index contributed by atoms with van der Waals surface area (Å²) in [5, 5.41) is 1.71. The van der Waals surface area contributed by atoms with Gasteiger partial charge in [-0.1, -0.05) is 36.4 Å². The zero-order valence-corrected chi connectivity index (χ0v) is 18.5. The molecule has 0 radical (unpaired) electrons. The maximum Gasteiger partial charge on any atom is 0.266 e. The third-order valence-corrected chi connectivity index (χ3v) is 6.64. The lowest BCUT2D eigenvalue weighted by Gasteiger charge is -2.29. The lowest BCUT2D eigenvalue weighted by atomic mass is 9.90. The fraction of sp³-hybridized carbons (Fsp3) is 0.200. The van der Waals surface area contributed by atoms with Crippen LogP contribution in [0.1, 0.15) is 11.6 Å². The lowest BCUT2D eigenvalue weighted by Crippen LogP contribution is -2.37. The summed E-state index contributed by atoms with van der Waals surface area (Å²) in [5.41, 5.74) is 2.21. The largest absolute Gasteiger partial charge is 0.497 e. The van der Waals surface area contributed by atoms with E-state index >= 15 is 0 Å². The van der Waals surface area contributed by atoms with Crippen molar-refractivity contribution in [2.45, 2.75) is 17.0 Å². The molecule has 2 amide bonds. The van der Waals surface area contributed by atoms with Gasteiger partial charge in [0.15, 0.2) is 6.10 Å². The number of carbonyl (C=O) groups is 2. The van der Waals surface area contributed by atoms with Gasteiger partial charge in [-0.25, -0.2) is 9.96 Å². The second kappa shape index (κ2) is 8.33. The summed E-state index contributed by atoms with van der Waals surface area (Å²) >= 11 is 1.65. The van der Waals surface area contributed by atoms with Gasteiger partial charge in [0.2, 0.25) is 5.91 Å². The number of hydrogen-bond acceptors (Lipinski definition) is 6. The number of fused-ring (bicyclic) bond motifs is 1. The van der Waals surface area contributed by atoms with E-state index in [1.807, 2.05) is 60.9 Å². The van der Waals surface area contributed by atoms with Crippen LogP contribution in [0.4, 0.5) is 11.4 Å². The number of nitrogens with zero attached hydrogens (tertiary/aromatic N) is 2. The number of thioether (sulfide) groups is 1. The highest BCUT2D eigenvalue weighted by molar-refractivity contribution is 7.98. The molecule has 0 saturated carbocycles. The highest BCUT2D eigenvalue weighted by Gasteiger charge is 2.60. The van der Waals surface area contributed by atoms with Gasteiger partial charge in [-0.2, -0.15) is 0 Å². The number of methoxy groups -OCH3 is 1. The monoisotopic (exact) mass is 446 g/mol. The quantitative estimate of drug-likeness (QED) is 0.426. The first-order valence-corrected chi connectivity index (χ1v) is 11.5. The number of anilines is 2.